The van der Waals surface area contributed by atoms with E-state index >= 15 is 0 Å². The molecule has 0 aliphatic heterocycles. The summed E-state index contributed by atoms with van der Waals surface area (Å²) < 4.78 is 5.08. The summed E-state index contributed by atoms with van der Waals surface area (Å²) in [5.74, 6) is -0.560. The van der Waals surface area contributed by atoms with Crippen molar-refractivity contribution in [1.82, 2.24) is 0 Å². The van der Waals surface area contributed by atoms with Crippen LogP contribution in [0.2, 0.25) is 5.02 Å². The van der Waals surface area contributed by atoms with Gasteiger partial charge in [-0.15, -0.1) is 0 Å². The third-order valence-electron chi connectivity index (χ3n) is 2.77. The molecule has 0 aliphatic rings. The predicted octanol–water partition coefficient (Wildman–Crippen LogP) is 1.49. The molecule has 6 heteroatoms. The van der Waals surface area contributed by atoms with Gasteiger partial charge in [-0.3, -0.25) is 4.79 Å². The summed E-state index contributed by atoms with van der Waals surface area (Å²) in [6.07, 6.45) is 0. The Morgan fingerprint density at radius 1 is 1.56 bits per heavy atom. The Kier molecular flexibility index (Phi) is 4.81. The first-order valence-electron chi connectivity index (χ1n) is 5.49. The highest BCUT2D eigenvalue weighted by molar-refractivity contribution is 6.34. The van der Waals surface area contributed by atoms with Crippen molar-refractivity contribution in [3.05, 3.63) is 22.7 Å². The number of methoxy groups -OCH3 is 1. The average Bonchev–Trinajstić information content (AvgIpc) is 2.27. The zero-order valence-electron chi connectivity index (χ0n) is 10.7. The minimum Gasteiger partial charge on any atom is -0.399 e. The zero-order chi connectivity index (χ0) is 13.9. The van der Waals surface area contributed by atoms with Gasteiger partial charge in [-0.05, 0) is 19.1 Å². The van der Waals surface area contributed by atoms with E-state index in [4.69, 9.17) is 27.8 Å². The van der Waals surface area contributed by atoms with E-state index in [2.05, 4.69) is 0 Å². The third-order valence-corrected chi connectivity index (χ3v) is 3.06. The van der Waals surface area contributed by atoms with Crippen LogP contribution in [0.5, 0.6) is 0 Å². The van der Waals surface area contributed by atoms with Gasteiger partial charge in [-0.1, -0.05) is 11.6 Å². The summed E-state index contributed by atoms with van der Waals surface area (Å²) >= 11 is 6.15. The first-order valence-corrected chi connectivity index (χ1v) is 5.86. The van der Waals surface area contributed by atoms with Crippen LogP contribution in [-0.4, -0.2) is 32.7 Å². The van der Waals surface area contributed by atoms with E-state index in [9.17, 15) is 4.79 Å². The highest BCUT2D eigenvalue weighted by atomic mass is 35.5. The van der Waals surface area contributed by atoms with Crippen molar-refractivity contribution in [2.45, 2.75) is 13.0 Å². The van der Waals surface area contributed by atoms with E-state index in [1.165, 1.54) is 6.07 Å². The van der Waals surface area contributed by atoms with Gasteiger partial charge in [0.15, 0.2) is 0 Å². The molecule has 0 bridgehead atoms. The molecule has 1 rings (SSSR count). The zero-order valence-corrected chi connectivity index (χ0v) is 11.5. The van der Waals surface area contributed by atoms with Gasteiger partial charge in [-0.25, -0.2) is 0 Å². The smallest absolute Gasteiger partial charge is 0.250 e. The quantitative estimate of drug-likeness (QED) is 0.795. The van der Waals surface area contributed by atoms with Crippen molar-refractivity contribution >= 4 is 28.9 Å². The standard InChI is InChI=1S/C12H18ClN3O2/c1-7(6-18-3)16(2)11-9(12(15)17)4-8(14)5-10(11)13/h4-5,7H,6,14H2,1-3H3,(H2,15,17). The van der Waals surface area contributed by atoms with Crippen LogP contribution in [0.4, 0.5) is 11.4 Å². The first kappa shape index (κ1) is 14.6. The molecule has 1 amide bonds. The van der Waals surface area contributed by atoms with E-state index in [-0.39, 0.29) is 6.04 Å². The van der Waals surface area contributed by atoms with E-state index < -0.39 is 5.91 Å². The van der Waals surface area contributed by atoms with Crippen molar-refractivity contribution in [3.63, 3.8) is 0 Å². The van der Waals surface area contributed by atoms with Crippen LogP contribution < -0.4 is 16.4 Å². The van der Waals surface area contributed by atoms with E-state index in [0.29, 0.717) is 28.6 Å². The highest BCUT2D eigenvalue weighted by Gasteiger charge is 2.20. The van der Waals surface area contributed by atoms with Crippen LogP contribution in [0.25, 0.3) is 0 Å². The maximum atomic E-state index is 11.5. The van der Waals surface area contributed by atoms with Gasteiger partial charge in [-0.2, -0.15) is 0 Å². The van der Waals surface area contributed by atoms with Gasteiger partial charge in [0.2, 0.25) is 0 Å². The van der Waals surface area contributed by atoms with Gasteiger partial charge in [0.05, 0.1) is 22.9 Å². The van der Waals surface area contributed by atoms with Gasteiger partial charge in [0.1, 0.15) is 0 Å². The minimum atomic E-state index is -0.560. The summed E-state index contributed by atoms with van der Waals surface area (Å²) in [6.45, 7) is 2.47. The maximum absolute atomic E-state index is 11.5. The molecule has 0 aliphatic carbocycles. The molecule has 0 fully saturated rings. The Bertz CT molecular complexity index is 451. The Morgan fingerprint density at radius 2 is 2.17 bits per heavy atom. The van der Waals surface area contributed by atoms with Crippen LogP contribution in [0.1, 0.15) is 17.3 Å². The number of nitrogen functional groups attached to an aromatic ring is 1. The molecule has 4 N–H and O–H groups in total. The molecule has 18 heavy (non-hydrogen) atoms. The number of hydrogen-bond acceptors (Lipinski definition) is 4. The fourth-order valence-electron chi connectivity index (χ4n) is 1.74. The second-order valence-corrected chi connectivity index (χ2v) is 4.59. The lowest BCUT2D eigenvalue weighted by atomic mass is 10.1. The summed E-state index contributed by atoms with van der Waals surface area (Å²) in [6, 6.07) is 3.17. The lowest BCUT2D eigenvalue weighted by Crippen LogP contribution is -2.34. The molecule has 0 aromatic heterocycles. The monoisotopic (exact) mass is 271 g/mol. The summed E-state index contributed by atoms with van der Waals surface area (Å²) in [5.41, 5.74) is 12.3. The molecular weight excluding hydrogens is 254 g/mol. The topological polar surface area (TPSA) is 81.6 Å². The molecule has 0 heterocycles. The number of likely N-dealkylation sites (N-methyl/N-ethyl adjacent to an activating group) is 1. The number of benzene rings is 1. The first-order chi connectivity index (χ1) is 8.38. The van der Waals surface area contributed by atoms with Crippen LogP contribution in [0, 0.1) is 0 Å². The second-order valence-electron chi connectivity index (χ2n) is 4.18. The Balaban J connectivity index is 3.25. The molecular formula is C12H18ClN3O2. The molecule has 0 spiro atoms. The molecule has 100 valence electrons. The molecule has 1 aromatic carbocycles. The van der Waals surface area contributed by atoms with Crippen LogP contribution in [-0.2, 0) is 4.74 Å². The van der Waals surface area contributed by atoms with Crippen molar-refractivity contribution in [2.75, 3.05) is 31.4 Å². The lowest BCUT2D eigenvalue weighted by Gasteiger charge is -2.29. The minimum absolute atomic E-state index is 0.0502. The number of amides is 1. The Morgan fingerprint density at radius 3 is 2.67 bits per heavy atom. The van der Waals surface area contributed by atoms with Gasteiger partial charge < -0.3 is 21.1 Å². The average molecular weight is 272 g/mol. The van der Waals surface area contributed by atoms with Crippen LogP contribution in [0.15, 0.2) is 12.1 Å². The SMILES string of the molecule is COCC(C)N(C)c1c(Cl)cc(N)cc1C(N)=O. The normalized spacial score (nSPS) is 12.2. The van der Waals surface area contributed by atoms with Crippen LogP contribution in [0.3, 0.4) is 0 Å². The predicted molar refractivity (Wildman–Crippen MR) is 74.1 cm³/mol. The molecule has 0 saturated heterocycles. The van der Waals surface area contributed by atoms with Gasteiger partial charge in [0.25, 0.3) is 5.91 Å². The van der Waals surface area contributed by atoms with Crippen molar-refractivity contribution in [1.29, 1.82) is 0 Å². The molecule has 1 unspecified atom stereocenters. The van der Waals surface area contributed by atoms with E-state index in [1.54, 1.807) is 13.2 Å². The number of carbonyl (C=O) groups excluding carboxylic acids is 1. The van der Waals surface area contributed by atoms with Crippen molar-refractivity contribution in [3.8, 4) is 0 Å². The van der Waals surface area contributed by atoms with Crippen LogP contribution >= 0.6 is 11.6 Å². The summed E-state index contributed by atoms with van der Waals surface area (Å²) in [5, 5.41) is 0.397. The maximum Gasteiger partial charge on any atom is 0.250 e. The van der Waals surface area contributed by atoms with Crippen molar-refractivity contribution < 1.29 is 9.53 Å². The fraction of sp³-hybridized carbons (Fsp3) is 0.417. The second kappa shape index (κ2) is 5.93. The molecule has 0 saturated carbocycles. The number of halogens is 1. The molecule has 0 radical (unpaired) electrons. The number of nitrogens with zero attached hydrogens (tertiary/aromatic N) is 1. The number of carbonyl (C=O) groups is 1. The fourth-order valence-corrected chi connectivity index (χ4v) is 2.10. The summed E-state index contributed by atoms with van der Waals surface area (Å²) in [7, 11) is 3.44. The van der Waals surface area contributed by atoms with E-state index in [0.717, 1.165) is 0 Å². The Hall–Kier alpha value is -1.46. The molecule has 1 aromatic rings. The van der Waals surface area contributed by atoms with Crippen molar-refractivity contribution in [2.24, 2.45) is 5.73 Å². The van der Waals surface area contributed by atoms with Gasteiger partial charge >= 0.3 is 0 Å². The number of anilines is 2. The number of rotatable bonds is 5. The third kappa shape index (κ3) is 3.05. The molecule has 1 atom stereocenters. The van der Waals surface area contributed by atoms with E-state index in [1.807, 2.05) is 18.9 Å². The highest BCUT2D eigenvalue weighted by Crippen LogP contribution is 2.32. The summed E-state index contributed by atoms with van der Waals surface area (Å²) in [4.78, 5) is 13.3. The molecule has 5 nitrogen and oxygen atoms in total. The number of hydrogen-bond donors (Lipinski definition) is 2. The number of primary amides is 1. The lowest BCUT2D eigenvalue weighted by molar-refractivity contribution is 0.100. The Labute approximate surface area is 112 Å². The largest absolute Gasteiger partial charge is 0.399 e. The number of nitrogens with two attached hydrogens (primary N) is 2. The number of ether oxygens (including phenoxy) is 1. The van der Waals surface area contributed by atoms with Gasteiger partial charge in [0, 0.05) is 25.9 Å².